The second-order valence-corrected chi connectivity index (χ2v) is 4.47. The lowest BCUT2D eigenvalue weighted by Gasteiger charge is -2.13. The van der Waals surface area contributed by atoms with Crippen molar-refractivity contribution in [2.75, 3.05) is 18.2 Å². The van der Waals surface area contributed by atoms with Crippen LogP contribution in [0.4, 0.5) is 17.1 Å². The Bertz CT molecular complexity index is 654. The van der Waals surface area contributed by atoms with Crippen LogP contribution < -0.4 is 11.1 Å². The quantitative estimate of drug-likeness (QED) is 0.663. The van der Waals surface area contributed by atoms with Gasteiger partial charge < -0.3 is 15.8 Å². The number of methoxy groups -OCH3 is 1. The number of nitrogen functional groups attached to an aromatic ring is 1. The molecule has 5 heteroatoms. The van der Waals surface area contributed by atoms with Gasteiger partial charge in [0.2, 0.25) is 0 Å². The second-order valence-electron chi connectivity index (χ2n) is 4.47. The van der Waals surface area contributed by atoms with Crippen molar-refractivity contribution in [3.05, 3.63) is 47.3 Å². The number of nitrogens with one attached hydrogen (secondary N) is 1. The number of carbonyl (C=O) groups is 1. The van der Waals surface area contributed by atoms with Crippen LogP contribution in [0.25, 0.3) is 0 Å². The van der Waals surface area contributed by atoms with Crippen LogP contribution in [0.2, 0.25) is 0 Å². The van der Waals surface area contributed by atoms with Crippen LogP contribution in [0.3, 0.4) is 0 Å². The predicted molar refractivity (Wildman–Crippen MR) is 79.2 cm³/mol. The molecule has 0 amide bonds. The van der Waals surface area contributed by atoms with E-state index in [1.165, 1.54) is 7.11 Å². The molecule has 0 radical (unpaired) electrons. The number of esters is 1. The smallest absolute Gasteiger partial charge is 0.340 e. The fourth-order valence-electron chi connectivity index (χ4n) is 1.93. The third-order valence-corrected chi connectivity index (χ3v) is 3.01. The van der Waals surface area contributed by atoms with Crippen molar-refractivity contribution >= 4 is 23.0 Å². The van der Waals surface area contributed by atoms with E-state index in [4.69, 9.17) is 10.5 Å². The topological polar surface area (TPSA) is 77.2 Å². The Kier molecular flexibility index (Phi) is 3.89. The molecule has 104 valence electrons. The molecule has 0 aliphatic heterocycles. The van der Waals surface area contributed by atoms with Gasteiger partial charge in [-0.25, -0.2) is 4.79 Å². The fourth-order valence-corrected chi connectivity index (χ4v) is 1.93. The van der Waals surface area contributed by atoms with Gasteiger partial charge in [-0.2, -0.15) is 0 Å². The molecule has 0 bridgehead atoms. The minimum atomic E-state index is -0.454. The van der Waals surface area contributed by atoms with Gasteiger partial charge in [-0.05, 0) is 38.1 Å². The Morgan fingerprint density at radius 1 is 1.20 bits per heavy atom. The molecule has 0 fully saturated rings. The number of pyridine rings is 1. The van der Waals surface area contributed by atoms with Gasteiger partial charge >= 0.3 is 5.97 Å². The van der Waals surface area contributed by atoms with Crippen LogP contribution in [0.5, 0.6) is 0 Å². The fraction of sp³-hybridized carbons (Fsp3) is 0.200. The van der Waals surface area contributed by atoms with Crippen LogP contribution in [0.1, 0.15) is 21.7 Å². The lowest BCUT2D eigenvalue weighted by Crippen LogP contribution is -2.08. The molecule has 0 saturated carbocycles. The van der Waals surface area contributed by atoms with Gasteiger partial charge in [0.25, 0.3) is 0 Å². The van der Waals surface area contributed by atoms with Crippen molar-refractivity contribution in [2.24, 2.45) is 0 Å². The lowest BCUT2D eigenvalue weighted by molar-refractivity contribution is 0.0602. The first-order valence-corrected chi connectivity index (χ1v) is 6.21. The molecule has 0 atom stereocenters. The summed E-state index contributed by atoms with van der Waals surface area (Å²) in [4.78, 5) is 16.0. The molecule has 1 aromatic heterocycles. The molecular formula is C15H17N3O2. The summed E-state index contributed by atoms with van der Waals surface area (Å²) in [7, 11) is 1.33. The number of rotatable bonds is 3. The molecule has 0 unspecified atom stereocenters. The van der Waals surface area contributed by atoms with E-state index in [1.807, 2.05) is 26.0 Å². The maximum Gasteiger partial charge on any atom is 0.340 e. The SMILES string of the molecule is COC(=O)c1cccc(Nc2ccc(C)nc2C)c1N. The van der Waals surface area contributed by atoms with Gasteiger partial charge in [0.05, 0.1) is 35.4 Å². The third-order valence-electron chi connectivity index (χ3n) is 3.01. The number of nitrogens with zero attached hydrogens (tertiary/aromatic N) is 1. The van der Waals surface area contributed by atoms with E-state index in [0.29, 0.717) is 16.9 Å². The van der Waals surface area contributed by atoms with Gasteiger partial charge in [-0.3, -0.25) is 4.98 Å². The highest BCUT2D eigenvalue weighted by atomic mass is 16.5. The number of nitrogens with two attached hydrogens (primary N) is 1. The van der Waals surface area contributed by atoms with Crippen LogP contribution in [-0.4, -0.2) is 18.1 Å². The number of hydrogen-bond donors (Lipinski definition) is 2. The van der Waals surface area contributed by atoms with Gasteiger partial charge in [0, 0.05) is 5.69 Å². The standard InChI is InChI=1S/C15H17N3O2/c1-9-7-8-12(10(2)17-9)18-13-6-4-5-11(14(13)16)15(19)20-3/h4-8,18H,16H2,1-3H3. The monoisotopic (exact) mass is 271 g/mol. The van der Waals surface area contributed by atoms with E-state index in [0.717, 1.165) is 17.1 Å². The summed E-state index contributed by atoms with van der Waals surface area (Å²) in [5.74, 6) is -0.454. The summed E-state index contributed by atoms with van der Waals surface area (Å²) in [5.41, 5.74) is 10.0. The number of anilines is 3. The van der Waals surface area contributed by atoms with Gasteiger partial charge in [0.15, 0.2) is 0 Å². The number of carbonyl (C=O) groups excluding carboxylic acids is 1. The third kappa shape index (κ3) is 2.71. The van der Waals surface area contributed by atoms with Crippen LogP contribution in [-0.2, 0) is 4.74 Å². The maximum atomic E-state index is 11.6. The molecule has 3 N–H and O–H groups in total. The number of benzene rings is 1. The summed E-state index contributed by atoms with van der Waals surface area (Å²) in [6.45, 7) is 3.85. The molecule has 20 heavy (non-hydrogen) atoms. The van der Waals surface area contributed by atoms with Crippen LogP contribution >= 0.6 is 0 Å². The number of para-hydroxylation sites is 1. The molecule has 0 aliphatic rings. The minimum absolute atomic E-state index is 0.343. The predicted octanol–water partition coefficient (Wildman–Crippen LogP) is 2.81. The zero-order chi connectivity index (χ0) is 14.7. The Hall–Kier alpha value is -2.56. The minimum Gasteiger partial charge on any atom is -0.465 e. The number of hydrogen-bond acceptors (Lipinski definition) is 5. The van der Waals surface area contributed by atoms with Crippen molar-refractivity contribution in [1.29, 1.82) is 0 Å². The van der Waals surface area contributed by atoms with Gasteiger partial charge in [-0.15, -0.1) is 0 Å². The van der Waals surface area contributed by atoms with Crippen molar-refractivity contribution in [3.63, 3.8) is 0 Å². The van der Waals surface area contributed by atoms with Crippen molar-refractivity contribution < 1.29 is 9.53 Å². The molecule has 1 heterocycles. The molecule has 2 rings (SSSR count). The van der Waals surface area contributed by atoms with E-state index in [2.05, 4.69) is 10.3 Å². The van der Waals surface area contributed by atoms with E-state index in [9.17, 15) is 4.79 Å². The Morgan fingerprint density at radius 2 is 1.95 bits per heavy atom. The molecule has 5 nitrogen and oxygen atoms in total. The first-order valence-electron chi connectivity index (χ1n) is 6.21. The van der Waals surface area contributed by atoms with Gasteiger partial charge in [-0.1, -0.05) is 6.07 Å². The highest BCUT2D eigenvalue weighted by Crippen LogP contribution is 2.27. The Morgan fingerprint density at radius 3 is 2.60 bits per heavy atom. The molecule has 0 spiro atoms. The van der Waals surface area contributed by atoms with Crippen LogP contribution in [0.15, 0.2) is 30.3 Å². The Balaban J connectivity index is 2.37. The highest BCUT2D eigenvalue weighted by Gasteiger charge is 2.13. The molecule has 0 aliphatic carbocycles. The molecule has 0 saturated heterocycles. The normalized spacial score (nSPS) is 10.2. The Labute approximate surface area is 117 Å². The van der Waals surface area contributed by atoms with E-state index in [-0.39, 0.29) is 0 Å². The molecule has 1 aromatic carbocycles. The summed E-state index contributed by atoms with van der Waals surface area (Å²) >= 11 is 0. The summed E-state index contributed by atoms with van der Waals surface area (Å²) in [6, 6.07) is 9.03. The highest BCUT2D eigenvalue weighted by molar-refractivity contribution is 5.98. The zero-order valence-corrected chi connectivity index (χ0v) is 11.7. The molecular weight excluding hydrogens is 254 g/mol. The second kappa shape index (κ2) is 5.61. The number of aryl methyl sites for hydroxylation is 2. The van der Waals surface area contributed by atoms with Crippen LogP contribution in [0, 0.1) is 13.8 Å². The average Bonchev–Trinajstić information content (AvgIpc) is 2.43. The first-order chi connectivity index (χ1) is 9.52. The van der Waals surface area contributed by atoms with Gasteiger partial charge in [0.1, 0.15) is 0 Å². The van der Waals surface area contributed by atoms with Crippen molar-refractivity contribution in [3.8, 4) is 0 Å². The average molecular weight is 271 g/mol. The summed E-state index contributed by atoms with van der Waals surface area (Å²) in [5, 5.41) is 3.19. The van der Waals surface area contributed by atoms with Crippen molar-refractivity contribution in [1.82, 2.24) is 4.98 Å². The number of ether oxygens (including phenoxy) is 1. The van der Waals surface area contributed by atoms with E-state index < -0.39 is 5.97 Å². The zero-order valence-electron chi connectivity index (χ0n) is 11.7. The largest absolute Gasteiger partial charge is 0.465 e. The number of aromatic nitrogens is 1. The van der Waals surface area contributed by atoms with E-state index in [1.54, 1.807) is 18.2 Å². The lowest BCUT2D eigenvalue weighted by atomic mass is 10.1. The first kappa shape index (κ1) is 13.9. The maximum absolute atomic E-state index is 11.6. The van der Waals surface area contributed by atoms with E-state index >= 15 is 0 Å². The molecule has 2 aromatic rings. The summed E-state index contributed by atoms with van der Waals surface area (Å²) in [6.07, 6.45) is 0. The van der Waals surface area contributed by atoms with Crippen molar-refractivity contribution in [2.45, 2.75) is 13.8 Å². The summed E-state index contributed by atoms with van der Waals surface area (Å²) < 4.78 is 4.70.